The molecule has 0 atom stereocenters. The Labute approximate surface area is 108 Å². The predicted octanol–water partition coefficient (Wildman–Crippen LogP) is 3.38. The van der Waals surface area contributed by atoms with Gasteiger partial charge in [0.2, 0.25) is 5.13 Å². The van der Waals surface area contributed by atoms with E-state index in [4.69, 9.17) is 0 Å². The molecule has 0 saturated heterocycles. The Bertz CT molecular complexity index is 696. The fourth-order valence-corrected chi connectivity index (χ4v) is 2.36. The summed E-state index contributed by atoms with van der Waals surface area (Å²) in [4.78, 5) is 7.44. The highest BCUT2D eigenvalue weighted by Gasteiger charge is 1.96. The number of nitrogens with zero attached hydrogens (tertiary/aromatic N) is 2. The van der Waals surface area contributed by atoms with Gasteiger partial charge in [0.25, 0.3) is 0 Å². The second kappa shape index (κ2) is 4.62. The van der Waals surface area contributed by atoms with Gasteiger partial charge < -0.3 is 4.98 Å². The molecule has 0 saturated carbocycles. The molecular formula is C13H12N4S. The van der Waals surface area contributed by atoms with E-state index < -0.39 is 0 Å². The highest BCUT2D eigenvalue weighted by Crippen LogP contribution is 2.15. The lowest BCUT2D eigenvalue weighted by Gasteiger charge is -1.95. The number of rotatable bonds is 3. The summed E-state index contributed by atoms with van der Waals surface area (Å²) in [6, 6.07) is 8.20. The van der Waals surface area contributed by atoms with Gasteiger partial charge in [-0.05, 0) is 36.1 Å². The molecule has 4 nitrogen and oxygen atoms in total. The molecule has 3 rings (SSSR count). The van der Waals surface area contributed by atoms with Gasteiger partial charge in [0.05, 0.1) is 11.9 Å². The van der Waals surface area contributed by atoms with E-state index in [2.05, 4.69) is 26.6 Å². The maximum absolute atomic E-state index is 4.27. The van der Waals surface area contributed by atoms with Crippen molar-refractivity contribution < 1.29 is 0 Å². The minimum absolute atomic E-state index is 0.812. The van der Waals surface area contributed by atoms with Gasteiger partial charge >= 0.3 is 0 Å². The number of aromatic nitrogens is 2. The van der Waals surface area contributed by atoms with Gasteiger partial charge in [0, 0.05) is 17.1 Å². The molecule has 0 aliphatic carbocycles. The lowest BCUT2D eigenvalue weighted by Crippen LogP contribution is -1.89. The zero-order chi connectivity index (χ0) is 12.4. The van der Waals surface area contributed by atoms with Crippen molar-refractivity contribution in [3.8, 4) is 0 Å². The number of hydrogen-bond acceptors (Lipinski definition) is 4. The van der Waals surface area contributed by atoms with E-state index in [1.807, 2.05) is 36.7 Å². The molecule has 90 valence electrons. The topological polar surface area (TPSA) is 53.1 Å². The van der Waals surface area contributed by atoms with E-state index in [-0.39, 0.29) is 0 Å². The average molecular weight is 256 g/mol. The molecule has 0 radical (unpaired) electrons. The quantitative estimate of drug-likeness (QED) is 0.557. The van der Waals surface area contributed by atoms with E-state index in [9.17, 15) is 0 Å². The van der Waals surface area contributed by atoms with Crippen molar-refractivity contribution in [1.82, 2.24) is 9.97 Å². The molecule has 3 aromatic rings. The van der Waals surface area contributed by atoms with Crippen LogP contribution in [0.1, 0.15) is 11.3 Å². The van der Waals surface area contributed by atoms with Crippen LogP contribution in [-0.2, 0) is 0 Å². The summed E-state index contributed by atoms with van der Waals surface area (Å²) in [7, 11) is 0. The molecule has 0 aliphatic heterocycles. The number of anilines is 1. The van der Waals surface area contributed by atoms with Crippen molar-refractivity contribution in [2.24, 2.45) is 5.10 Å². The number of thiazole rings is 1. The number of aromatic amines is 1. The van der Waals surface area contributed by atoms with Gasteiger partial charge in [0.15, 0.2) is 0 Å². The minimum Gasteiger partial charge on any atom is -0.361 e. The van der Waals surface area contributed by atoms with E-state index >= 15 is 0 Å². The maximum Gasteiger partial charge on any atom is 0.203 e. The summed E-state index contributed by atoms with van der Waals surface area (Å²) in [5, 5.41) is 8.16. The number of benzene rings is 1. The van der Waals surface area contributed by atoms with Gasteiger partial charge in [0.1, 0.15) is 0 Å². The Morgan fingerprint density at radius 2 is 2.33 bits per heavy atom. The van der Waals surface area contributed by atoms with Crippen molar-refractivity contribution in [2.45, 2.75) is 6.92 Å². The molecule has 5 heteroatoms. The SMILES string of the molecule is Cc1csc(N/N=C/c2ccc3[nH]ccc3c2)n1. The number of hydrogen-bond donors (Lipinski definition) is 2. The number of aryl methyl sites for hydroxylation is 1. The van der Waals surface area contributed by atoms with Crippen molar-refractivity contribution in [3.63, 3.8) is 0 Å². The molecule has 1 aromatic carbocycles. The first-order chi connectivity index (χ1) is 8.81. The summed E-state index contributed by atoms with van der Waals surface area (Å²) in [6.07, 6.45) is 3.73. The minimum atomic E-state index is 0.812. The van der Waals surface area contributed by atoms with Gasteiger partial charge in [-0.25, -0.2) is 4.98 Å². The van der Waals surface area contributed by atoms with E-state index in [0.29, 0.717) is 0 Å². The molecule has 2 aromatic heterocycles. The molecule has 0 fully saturated rings. The molecule has 0 spiro atoms. The standard InChI is InChI=1S/C13H12N4S/c1-9-8-18-13(16-9)17-15-7-10-2-3-12-11(6-10)4-5-14-12/h2-8,14H,1H3,(H,16,17)/b15-7+. The number of H-pyrrole nitrogens is 1. The molecule has 0 amide bonds. The molecule has 0 bridgehead atoms. The van der Waals surface area contributed by atoms with Crippen LogP contribution in [0, 0.1) is 6.92 Å². The third-order valence-corrected chi connectivity index (χ3v) is 3.43. The number of fused-ring (bicyclic) bond motifs is 1. The molecule has 0 unspecified atom stereocenters. The monoisotopic (exact) mass is 256 g/mol. The normalized spacial score (nSPS) is 11.4. The maximum atomic E-state index is 4.27. The Kier molecular flexibility index (Phi) is 2.82. The van der Waals surface area contributed by atoms with E-state index in [1.54, 1.807) is 17.6 Å². The lowest BCUT2D eigenvalue weighted by atomic mass is 10.2. The number of nitrogens with one attached hydrogen (secondary N) is 2. The highest BCUT2D eigenvalue weighted by molar-refractivity contribution is 7.13. The summed E-state index contributed by atoms with van der Waals surface area (Å²) in [5.74, 6) is 0. The fraction of sp³-hybridized carbons (Fsp3) is 0.0769. The second-order valence-electron chi connectivity index (χ2n) is 3.99. The van der Waals surface area contributed by atoms with Crippen LogP contribution < -0.4 is 5.43 Å². The summed E-state index contributed by atoms with van der Waals surface area (Å²) in [6.45, 7) is 1.96. The summed E-state index contributed by atoms with van der Waals surface area (Å²) >= 11 is 1.55. The van der Waals surface area contributed by atoms with E-state index in [0.717, 1.165) is 21.9 Å². The fourth-order valence-electron chi connectivity index (χ4n) is 1.72. The third-order valence-electron chi connectivity index (χ3n) is 2.57. The van der Waals surface area contributed by atoms with Gasteiger partial charge in [-0.15, -0.1) is 11.3 Å². The molecule has 18 heavy (non-hydrogen) atoms. The van der Waals surface area contributed by atoms with Crippen LogP contribution >= 0.6 is 11.3 Å². The number of hydrazone groups is 1. The van der Waals surface area contributed by atoms with Crippen LogP contribution in [0.3, 0.4) is 0 Å². The van der Waals surface area contributed by atoms with Gasteiger partial charge in [-0.2, -0.15) is 5.10 Å². The molecular weight excluding hydrogens is 244 g/mol. The van der Waals surface area contributed by atoms with E-state index in [1.165, 1.54) is 5.39 Å². The summed E-state index contributed by atoms with van der Waals surface area (Å²) < 4.78 is 0. The van der Waals surface area contributed by atoms with Crippen LogP contribution in [0.15, 0.2) is 40.9 Å². The van der Waals surface area contributed by atoms with Crippen LogP contribution in [0.25, 0.3) is 10.9 Å². The Hall–Kier alpha value is -2.14. The zero-order valence-electron chi connectivity index (χ0n) is 9.84. The molecule has 2 heterocycles. The first kappa shape index (κ1) is 11.0. The highest BCUT2D eigenvalue weighted by atomic mass is 32.1. The molecule has 2 N–H and O–H groups in total. The first-order valence-electron chi connectivity index (χ1n) is 5.59. The van der Waals surface area contributed by atoms with Crippen molar-refractivity contribution >= 4 is 33.6 Å². The van der Waals surface area contributed by atoms with Crippen molar-refractivity contribution in [1.29, 1.82) is 0 Å². The largest absolute Gasteiger partial charge is 0.361 e. The van der Waals surface area contributed by atoms with Gasteiger partial charge in [-0.1, -0.05) is 6.07 Å². The van der Waals surface area contributed by atoms with Crippen LogP contribution in [0.2, 0.25) is 0 Å². The predicted molar refractivity (Wildman–Crippen MR) is 76.4 cm³/mol. The second-order valence-corrected chi connectivity index (χ2v) is 4.85. The molecule has 0 aliphatic rings. The Morgan fingerprint density at radius 3 is 3.17 bits per heavy atom. The zero-order valence-corrected chi connectivity index (χ0v) is 10.7. The van der Waals surface area contributed by atoms with Crippen LogP contribution in [0.5, 0.6) is 0 Å². The average Bonchev–Trinajstić information content (AvgIpc) is 2.97. The summed E-state index contributed by atoms with van der Waals surface area (Å²) in [5.41, 5.74) is 6.12. The van der Waals surface area contributed by atoms with Crippen LogP contribution in [0.4, 0.5) is 5.13 Å². The first-order valence-corrected chi connectivity index (χ1v) is 6.47. The Balaban J connectivity index is 1.75. The third kappa shape index (κ3) is 2.26. The van der Waals surface area contributed by atoms with Crippen molar-refractivity contribution in [2.75, 3.05) is 5.43 Å². The van der Waals surface area contributed by atoms with Gasteiger partial charge in [-0.3, -0.25) is 5.43 Å². The van der Waals surface area contributed by atoms with Crippen molar-refractivity contribution in [3.05, 3.63) is 47.1 Å². The Morgan fingerprint density at radius 1 is 1.39 bits per heavy atom. The smallest absolute Gasteiger partial charge is 0.203 e. The lowest BCUT2D eigenvalue weighted by molar-refractivity contribution is 1.22. The van der Waals surface area contributed by atoms with Crippen LogP contribution in [-0.4, -0.2) is 16.2 Å².